The van der Waals surface area contributed by atoms with Gasteiger partial charge < -0.3 is 15.3 Å². The molecule has 5 heteroatoms. The van der Waals surface area contributed by atoms with Crippen LogP contribution >= 0.6 is 0 Å². The fourth-order valence-electron chi connectivity index (χ4n) is 3.69. The van der Waals surface area contributed by atoms with E-state index in [0.717, 1.165) is 38.3 Å². The SMILES string of the molecule is CCCC[C@H](NC(=O)N1CCC2CCCCC2C1)C(=O)O. The maximum Gasteiger partial charge on any atom is 0.326 e. The van der Waals surface area contributed by atoms with Crippen molar-refractivity contribution >= 4 is 12.0 Å². The quantitative estimate of drug-likeness (QED) is 0.819. The number of nitrogens with one attached hydrogen (secondary N) is 1. The molecule has 2 N–H and O–H groups in total. The van der Waals surface area contributed by atoms with Crippen LogP contribution in [0.4, 0.5) is 4.79 Å². The number of aliphatic carboxylic acids is 1. The summed E-state index contributed by atoms with van der Waals surface area (Å²) < 4.78 is 0. The molecule has 0 aromatic heterocycles. The average Bonchev–Trinajstić information content (AvgIpc) is 2.50. The van der Waals surface area contributed by atoms with E-state index in [9.17, 15) is 14.7 Å². The highest BCUT2D eigenvalue weighted by atomic mass is 16.4. The van der Waals surface area contributed by atoms with Crippen molar-refractivity contribution in [1.82, 2.24) is 10.2 Å². The standard InChI is InChI=1S/C16H28N2O3/c1-2-3-8-14(15(19)20)17-16(21)18-10-9-12-6-4-5-7-13(12)11-18/h12-14H,2-11H2,1H3,(H,17,21)(H,19,20)/t12?,13?,14-/m0/s1. The van der Waals surface area contributed by atoms with Gasteiger partial charge in [-0.3, -0.25) is 0 Å². The molecule has 1 aliphatic carbocycles. The smallest absolute Gasteiger partial charge is 0.326 e. The lowest BCUT2D eigenvalue weighted by molar-refractivity contribution is -0.139. The molecule has 0 aromatic carbocycles. The molecule has 0 radical (unpaired) electrons. The van der Waals surface area contributed by atoms with Gasteiger partial charge in [-0.15, -0.1) is 0 Å². The number of rotatable bonds is 5. The van der Waals surface area contributed by atoms with Crippen molar-refractivity contribution in [2.45, 2.75) is 64.3 Å². The van der Waals surface area contributed by atoms with Crippen molar-refractivity contribution in [3.63, 3.8) is 0 Å². The highest BCUT2D eigenvalue weighted by Gasteiger charge is 2.33. The second kappa shape index (κ2) is 7.66. The number of carboxylic acids is 1. The van der Waals surface area contributed by atoms with Gasteiger partial charge in [-0.2, -0.15) is 0 Å². The van der Waals surface area contributed by atoms with Crippen LogP contribution in [0.5, 0.6) is 0 Å². The zero-order valence-electron chi connectivity index (χ0n) is 13.0. The van der Waals surface area contributed by atoms with E-state index in [1.165, 1.54) is 25.7 Å². The summed E-state index contributed by atoms with van der Waals surface area (Å²) in [5, 5.41) is 11.9. The number of piperidine rings is 1. The van der Waals surface area contributed by atoms with Gasteiger partial charge in [0, 0.05) is 13.1 Å². The third-order valence-corrected chi connectivity index (χ3v) is 5.02. The largest absolute Gasteiger partial charge is 0.480 e. The summed E-state index contributed by atoms with van der Waals surface area (Å²) in [5.74, 6) is 0.472. The van der Waals surface area contributed by atoms with Crippen molar-refractivity contribution in [2.24, 2.45) is 11.8 Å². The first kappa shape index (κ1) is 16.1. The molecule has 2 amide bonds. The zero-order valence-corrected chi connectivity index (χ0v) is 13.0. The van der Waals surface area contributed by atoms with Crippen LogP contribution in [0.15, 0.2) is 0 Å². The van der Waals surface area contributed by atoms with E-state index in [4.69, 9.17) is 0 Å². The first-order valence-corrected chi connectivity index (χ1v) is 8.40. The number of hydrogen-bond acceptors (Lipinski definition) is 2. The normalized spacial score (nSPS) is 26.8. The number of carbonyl (C=O) groups is 2. The molecule has 0 spiro atoms. The molecule has 2 unspecified atom stereocenters. The van der Waals surface area contributed by atoms with E-state index >= 15 is 0 Å². The van der Waals surface area contributed by atoms with Gasteiger partial charge in [-0.05, 0) is 31.1 Å². The van der Waals surface area contributed by atoms with Crippen LogP contribution in [0.3, 0.4) is 0 Å². The Balaban J connectivity index is 1.85. The van der Waals surface area contributed by atoms with E-state index < -0.39 is 12.0 Å². The molecule has 2 rings (SSSR count). The lowest BCUT2D eigenvalue weighted by Crippen LogP contribution is -2.52. The number of nitrogens with zero attached hydrogens (tertiary/aromatic N) is 1. The molecule has 1 saturated carbocycles. The van der Waals surface area contributed by atoms with Crippen molar-refractivity contribution in [1.29, 1.82) is 0 Å². The Morgan fingerprint density at radius 2 is 1.95 bits per heavy atom. The zero-order chi connectivity index (χ0) is 15.2. The highest BCUT2D eigenvalue weighted by molar-refractivity contribution is 5.82. The maximum atomic E-state index is 12.3. The molecule has 21 heavy (non-hydrogen) atoms. The van der Waals surface area contributed by atoms with E-state index in [1.807, 2.05) is 11.8 Å². The van der Waals surface area contributed by atoms with Gasteiger partial charge in [0.25, 0.3) is 0 Å². The lowest BCUT2D eigenvalue weighted by atomic mass is 9.75. The number of hydrogen-bond donors (Lipinski definition) is 2. The van der Waals surface area contributed by atoms with Crippen LogP contribution in [-0.2, 0) is 4.79 Å². The van der Waals surface area contributed by atoms with Crippen LogP contribution < -0.4 is 5.32 Å². The van der Waals surface area contributed by atoms with Gasteiger partial charge in [0.2, 0.25) is 0 Å². The van der Waals surface area contributed by atoms with E-state index in [1.54, 1.807) is 0 Å². The van der Waals surface area contributed by atoms with Crippen LogP contribution in [0.25, 0.3) is 0 Å². The number of likely N-dealkylation sites (tertiary alicyclic amines) is 1. The van der Waals surface area contributed by atoms with Crippen molar-refractivity contribution in [3.8, 4) is 0 Å². The van der Waals surface area contributed by atoms with Gasteiger partial charge in [0.15, 0.2) is 0 Å². The third kappa shape index (κ3) is 4.35. The highest BCUT2D eigenvalue weighted by Crippen LogP contribution is 2.35. The predicted molar refractivity (Wildman–Crippen MR) is 81.1 cm³/mol. The van der Waals surface area contributed by atoms with Gasteiger partial charge in [-0.1, -0.05) is 39.0 Å². The van der Waals surface area contributed by atoms with Gasteiger partial charge in [0.05, 0.1) is 0 Å². The Morgan fingerprint density at radius 1 is 1.24 bits per heavy atom. The number of fused-ring (bicyclic) bond motifs is 1. The molecule has 1 heterocycles. The van der Waals surface area contributed by atoms with E-state index in [2.05, 4.69) is 5.32 Å². The minimum absolute atomic E-state index is 0.192. The molecule has 1 saturated heterocycles. The Hall–Kier alpha value is -1.26. The molecular formula is C16H28N2O3. The minimum Gasteiger partial charge on any atom is -0.480 e. The van der Waals surface area contributed by atoms with Gasteiger partial charge >= 0.3 is 12.0 Å². The fourth-order valence-corrected chi connectivity index (χ4v) is 3.69. The topological polar surface area (TPSA) is 69.6 Å². The third-order valence-electron chi connectivity index (χ3n) is 5.02. The molecule has 1 aliphatic heterocycles. The maximum absolute atomic E-state index is 12.3. The van der Waals surface area contributed by atoms with Gasteiger partial charge in [0.1, 0.15) is 6.04 Å². The molecule has 120 valence electrons. The number of urea groups is 1. The van der Waals surface area contributed by atoms with Crippen LogP contribution in [0, 0.1) is 11.8 Å². The number of amides is 2. The first-order valence-electron chi connectivity index (χ1n) is 8.40. The molecule has 0 bridgehead atoms. The first-order chi connectivity index (χ1) is 10.1. The number of unbranched alkanes of at least 4 members (excludes halogenated alkanes) is 1. The molecule has 2 fully saturated rings. The summed E-state index contributed by atoms with van der Waals surface area (Å²) >= 11 is 0. The Morgan fingerprint density at radius 3 is 2.62 bits per heavy atom. The molecular weight excluding hydrogens is 268 g/mol. The Labute approximate surface area is 127 Å². The fraction of sp³-hybridized carbons (Fsp3) is 0.875. The number of carboxylic acid groups (broad SMARTS) is 1. The monoisotopic (exact) mass is 296 g/mol. The summed E-state index contributed by atoms with van der Waals surface area (Å²) in [6, 6.07) is -0.941. The lowest BCUT2D eigenvalue weighted by Gasteiger charge is -2.41. The summed E-state index contributed by atoms with van der Waals surface area (Å²) in [6.45, 7) is 3.60. The second-order valence-corrected chi connectivity index (χ2v) is 6.52. The van der Waals surface area contributed by atoms with Crippen LogP contribution in [0.1, 0.15) is 58.3 Å². The summed E-state index contributed by atoms with van der Waals surface area (Å²) in [6.07, 6.45) is 8.45. The summed E-state index contributed by atoms with van der Waals surface area (Å²) in [7, 11) is 0. The molecule has 0 aromatic rings. The Kier molecular flexibility index (Phi) is 5.88. The van der Waals surface area contributed by atoms with Crippen LogP contribution in [-0.4, -0.2) is 41.1 Å². The van der Waals surface area contributed by atoms with Gasteiger partial charge in [-0.25, -0.2) is 9.59 Å². The summed E-state index contributed by atoms with van der Waals surface area (Å²) in [5.41, 5.74) is 0. The minimum atomic E-state index is -0.927. The molecule has 5 nitrogen and oxygen atoms in total. The second-order valence-electron chi connectivity index (χ2n) is 6.52. The van der Waals surface area contributed by atoms with Crippen molar-refractivity contribution in [3.05, 3.63) is 0 Å². The molecule has 2 aliphatic rings. The predicted octanol–water partition coefficient (Wildman–Crippen LogP) is 2.85. The summed E-state index contributed by atoms with van der Waals surface area (Å²) in [4.78, 5) is 25.3. The van der Waals surface area contributed by atoms with Crippen LogP contribution in [0.2, 0.25) is 0 Å². The van der Waals surface area contributed by atoms with Crippen molar-refractivity contribution < 1.29 is 14.7 Å². The average molecular weight is 296 g/mol. The van der Waals surface area contributed by atoms with Crippen molar-refractivity contribution in [2.75, 3.05) is 13.1 Å². The van der Waals surface area contributed by atoms with E-state index in [0.29, 0.717) is 12.3 Å². The Bertz CT molecular complexity index is 373. The van der Waals surface area contributed by atoms with E-state index in [-0.39, 0.29) is 6.03 Å². The number of carbonyl (C=O) groups excluding carboxylic acids is 1. The molecule has 3 atom stereocenters.